The lowest BCUT2D eigenvalue weighted by atomic mass is 13.4. The molecule has 0 bridgehead atoms. The highest BCUT2D eigenvalue weighted by Crippen LogP contribution is 1.96. The van der Waals surface area contributed by atoms with Crippen molar-refractivity contribution in [1.29, 1.82) is 0 Å². The van der Waals surface area contributed by atoms with Crippen LogP contribution in [-0.2, 0) is 29.7 Å². The SMILES string of the molecule is O=NOS(=O)(=O)OS(=O)[O-]. The van der Waals surface area contributed by atoms with E-state index < -0.39 is 21.8 Å². The quantitative estimate of drug-likeness (QED) is 0.308. The molecular formula is NO7S2-. The van der Waals surface area contributed by atoms with Crippen LogP contribution in [0.3, 0.4) is 0 Å². The van der Waals surface area contributed by atoms with Crippen molar-refractivity contribution in [3.8, 4) is 0 Å². The zero-order valence-electron chi connectivity index (χ0n) is 4.12. The number of hydrogen-bond donors (Lipinski definition) is 0. The average molecular weight is 190 g/mol. The molecule has 1 atom stereocenters. The van der Waals surface area contributed by atoms with Gasteiger partial charge >= 0.3 is 10.4 Å². The molecule has 0 aromatic rings. The molecule has 0 aliphatic carbocycles. The summed E-state index contributed by atoms with van der Waals surface area (Å²) >= 11 is -3.30. The molecule has 0 aliphatic rings. The predicted octanol–water partition coefficient (Wildman–Crippen LogP) is -1.26. The molecule has 0 spiro atoms. The molecule has 10 heavy (non-hydrogen) atoms. The fourth-order valence-corrected chi connectivity index (χ4v) is 0.836. The Morgan fingerprint density at radius 2 is 2.00 bits per heavy atom. The average Bonchev–Trinajstić information content (AvgIpc) is 1.59. The van der Waals surface area contributed by atoms with Crippen LogP contribution in [0.25, 0.3) is 0 Å². The van der Waals surface area contributed by atoms with Crippen molar-refractivity contribution < 1.29 is 25.1 Å². The summed E-state index contributed by atoms with van der Waals surface area (Å²) in [5.74, 6) is 0. The van der Waals surface area contributed by atoms with E-state index in [1.807, 2.05) is 0 Å². The largest absolute Gasteiger partial charge is 0.749 e. The van der Waals surface area contributed by atoms with Gasteiger partial charge in [0.1, 0.15) is 11.4 Å². The Balaban J connectivity index is 4.14. The normalized spacial score (nSPS) is 14.1. The molecule has 8 nitrogen and oxygen atoms in total. The van der Waals surface area contributed by atoms with Gasteiger partial charge in [0.25, 0.3) is 0 Å². The van der Waals surface area contributed by atoms with Crippen molar-refractivity contribution in [3.63, 3.8) is 0 Å². The van der Waals surface area contributed by atoms with E-state index in [1.165, 1.54) is 5.34 Å². The Morgan fingerprint density at radius 3 is 2.30 bits per heavy atom. The van der Waals surface area contributed by atoms with Gasteiger partial charge < -0.3 is 4.55 Å². The molecule has 0 rings (SSSR count). The highest BCUT2D eigenvalue weighted by atomic mass is 32.3. The van der Waals surface area contributed by atoms with Crippen LogP contribution in [0, 0.1) is 4.91 Å². The van der Waals surface area contributed by atoms with Gasteiger partial charge in [0.2, 0.25) is 0 Å². The lowest BCUT2D eigenvalue weighted by Crippen LogP contribution is -2.08. The molecule has 10 heteroatoms. The fraction of sp³-hybridized carbons (Fsp3) is 0. The maximum atomic E-state index is 9.91. The van der Waals surface area contributed by atoms with Crippen LogP contribution in [0.2, 0.25) is 0 Å². The van der Waals surface area contributed by atoms with E-state index in [2.05, 4.69) is 7.91 Å². The molecule has 0 radical (unpaired) electrons. The topological polar surface area (TPSA) is 122 Å². The van der Waals surface area contributed by atoms with E-state index in [1.54, 1.807) is 0 Å². The standard InChI is InChI=1S/HNO7S2/c2-1-7-10(5,6)8-9(3)4/h(H,3,4)/p-1. The van der Waals surface area contributed by atoms with Crippen LogP contribution in [0.1, 0.15) is 0 Å². The molecule has 0 fully saturated rings. The minimum absolute atomic E-state index is 1.42. The minimum atomic E-state index is -4.82. The maximum absolute atomic E-state index is 9.91. The Bertz CT molecular complexity index is 224. The fourth-order valence-electron chi connectivity index (χ4n) is 0.118. The zero-order chi connectivity index (χ0) is 8.20. The van der Waals surface area contributed by atoms with Crippen LogP contribution in [-0.4, -0.2) is 17.2 Å². The Labute approximate surface area is 57.9 Å². The van der Waals surface area contributed by atoms with Crippen molar-refractivity contribution >= 4 is 21.8 Å². The Kier molecular flexibility index (Phi) is 3.35. The number of rotatable bonds is 4. The van der Waals surface area contributed by atoms with Crippen LogP contribution in [0.15, 0.2) is 5.34 Å². The van der Waals surface area contributed by atoms with E-state index in [0.717, 1.165) is 0 Å². The van der Waals surface area contributed by atoms with Crippen molar-refractivity contribution in [2.75, 3.05) is 0 Å². The summed E-state index contributed by atoms with van der Waals surface area (Å²) in [4.78, 5) is 9.07. The molecule has 0 aromatic heterocycles. The third kappa shape index (κ3) is 4.31. The van der Waals surface area contributed by atoms with Crippen LogP contribution in [0.4, 0.5) is 0 Å². The lowest BCUT2D eigenvalue weighted by molar-refractivity contribution is 0.281. The summed E-state index contributed by atoms with van der Waals surface area (Å²) in [6, 6.07) is 0. The van der Waals surface area contributed by atoms with Crippen molar-refractivity contribution in [1.82, 2.24) is 0 Å². The first-order chi connectivity index (χ1) is 4.48. The van der Waals surface area contributed by atoms with Crippen LogP contribution >= 0.6 is 0 Å². The van der Waals surface area contributed by atoms with Gasteiger partial charge in [0.05, 0.1) is 0 Å². The molecule has 0 saturated carbocycles. The molecule has 0 aliphatic heterocycles. The van der Waals surface area contributed by atoms with Gasteiger partial charge in [-0.05, 0) is 0 Å². The molecule has 0 saturated heterocycles. The summed E-state index contributed by atoms with van der Waals surface area (Å²) < 4.78 is 44.8. The molecule has 0 aromatic carbocycles. The predicted molar refractivity (Wildman–Crippen MR) is 25.8 cm³/mol. The monoisotopic (exact) mass is 190 g/mol. The van der Waals surface area contributed by atoms with Gasteiger partial charge in [-0.1, -0.05) is 0 Å². The van der Waals surface area contributed by atoms with E-state index >= 15 is 0 Å². The first kappa shape index (κ1) is 9.42. The summed E-state index contributed by atoms with van der Waals surface area (Å²) in [5.41, 5.74) is 0. The molecule has 0 N–H and O–H groups in total. The van der Waals surface area contributed by atoms with Crippen molar-refractivity contribution in [2.45, 2.75) is 0 Å². The van der Waals surface area contributed by atoms with E-state index in [4.69, 9.17) is 4.91 Å². The summed E-state index contributed by atoms with van der Waals surface area (Å²) in [6.45, 7) is 0. The second-order valence-electron chi connectivity index (χ2n) is 0.829. The first-order valence-electron chi connectivity index (χ1n) is 1.53. The van der Waals surface area contributed by atoms with Gasteiger partial charge in [-0.3, -0.25) is 0 Å². The zero-order valence-corrected chi connectivity index (χ0v) is 5.75. The molecule has 60 valence electrons. The lowest BCUT2D eigenvalue weighted by Gasteiger charge is -2.00. The second kappa shape index (κ2) is 3.55. The molecule has 0 heterocycles. The summed E-state index contributed by atoms with van der Waals surface area (Å²) in [5, 5.41) is 1.42. The minimum Gasteiger partial charge on any atom is -0.749 e. The van der Waals surface area contributed by atoms with Crippen molar-refractivity contribution in [2.24, 2.45) is 5.34 Å². The maximum Gasteiger partial charge on any atom is 0.484 e. The smallest absolute Gasteiger partial charge is 0.484 e. The van der Waals surface area contributed by atoms with Gasteiger partial charge in [0, 0.05) is 0 Å². The summed E-state index contributed by atoms with van der Waals surface area (Å²) in [6.07, 6.45) is 0. The van der Waals surface area contributed by atoms with Gasteiger partial charge in [0.15, 0.2) is 5.34 Å². The molecular weight excluding hydrogens is 190 g/mol. The van der Waals surface area contributed by atoms with Gasteiger partial charge in [-0.25, -0.2) is 8.49 Å². The Hall–Kier alpha value is -0.580. The van der Waals surface area contributed by atoms with E-state index in [-0.39, 0.29) is 0 Å². The third-order valence-corrected chi connectivity index (χ3v) is 1.62. The van der Waals surface area contributed by atoms with Gasteiger partial charge in [-0.15, -0.1) is 8.54 Å². The highest BCUT2D eigenvalue weighted by molar-refractivity contribution is 7.92. The van der Waals surface area contributed by atoms with E-state index in [0.29, 0.717) is 0 Å². The molecule has 0 amide bonds. The van der Waals surface area contributed by atoms with Crippen molar-refractivity contribution in [3.05, 3.63) is 4.91 Å². The Morgan fingerprint density at radius 1 is 1.50 bits per heavy atom. The van der Waals surface area contributed by atoms with E-state index in [9.17, 15) is 17.2 Å². The van der Waals surface area contributed by atoms with Gasteiger partial charge in [-0.2, -0.15) is 8.42 Å². The van der Waals surface area contributed by atoms with Crippen LogP contribution < -0.4 is 0 Å². The third-order valence-electron chi connectivity index (χ3n) is 0.261. The van der Waals surface area contributed by atoms with Crippen LogP contribution in [0.5, 0.6) is 0 Å². The molecule has 1 unspecified atom stereocenters. The highest BCUT2D eigenvalue weighted by Gasteiger charge is 2.13. The number of hydrogen-bond acceptors (Lipinski definition) is 8. The summed E-state index contributed by atoms with van der Waals surface area (Å²) in [7, 11) is -4.82. The number of nitrogens with zero attached hydrogens (tertiary/aromatic N) is 1. The second-order valence-corrected chi connectivity index (χ2v) is 2.75. The first-order valence-corrected chi connectivity index (χ1v) is 3.87.